The number of benzene rings is 2. The minimum Gasteiger partial charge on any atom is -0.369 e. The summed E-state index contributed by atoms with van der Waals surface area (Å²) in [5, 5.41) is 11.7. The highest BCUT2D eigenvalue weighted by Gasteiger charge is 2.16. The lowest BCUT2D eigenvalue weighted by Crippen LogP contribution is -2.32. The van der Waals surface area contributed by atoms with E-state index in [4.69, 9.17) is 11.5 Å². The lowest BCUT2D eigenvalue weighted by Gasteiger charge is -2.14. The highest BCUT2D eigenvalue weighted by molar-refractivity contribution is 6.07. The molecule has 35 heavy (non-hydrogen) atoms. The molecule has 3 aromatic rings. The smallest absolute Gasteiger partial charge is 0.260 e. The Labute approximate surface area is 202 Å². The highest BCUT2D eigenvalue weighted by Crippen LogP contribution is 2.21. The average molecular weight is 477 g/mol. The molecule has 0 spiro atoms. The molecule has 0 bridgehead atoms. The first kappa shape index (κ1) is 25.1. The fourth-order valence-corrected chi connectivity index (χ4v) is 2.96. The van der Waals surface area contributed by atoms with Crippen LogP contribution in [0.25, 0.3) is 0 Å². The molecule has 0 aliphatic rings. The zero-order chi connectivity index (χ0) is 25.4. The van der Waals surface area contributed by atoms with Crippen molar-refractivity contribution < 1.29 is 14.4 Å². The van der Waals surface area contributed by atoms with Crippen LogP contribution in [0.2, 0.25) is 0 Å². The molecule has 11 nitrogen and oxygen atoms in total. The van der Waals surface area contributed by atoms with Gasteiger partial charge in [0.25, 0.3) is 5.91 Å². The third-order valence-electron chi connectivity index (χ3n) is 4.80. The van der Waals surface area contributed by atoms with Crippen LogP contribution in [-0.2, 0) is 4.79 Å². The Morgan fingerprint density at radius 3 is 2.31 bits per heavy atom. The van der Waals surface area contributed by atoms with Gasteiger partial charge < -0.3 is 32.7 Å². The van der Waals surface area contributed by atoms with Crippen LogP contribution < -0.4 is 32.7 Å². The maximum absolute atomic E-state index is 13.0. The first-order valence-corrected chi connectivity index (χ1v) is 11.0. The first-order chi connectivity index (χ1) is 16.8. The van der Waals surface area contributed by atoms with Gasteiger partial charge in [0.1, 0.15) is 11.4 Å². The van der Waals surface area contributed by atoms with Crippen molar-refractivity contribution in [1.29, 1.82) is 0 Å². The Bertz CT molecular complexity index is 1210. The van der Waals surface area contributed by atoms with E-state index in [0.29, 0.717) is 35.0 Å². The van der Waals surface area contributed by atoms with Crippen molar-refractivity contribution in [1.82, 2.24) is 9.97 Å². The van der Waals surface area contributed by atoms with E-state index >= 15 is 0 Å². The molecular formula is C24H28N8O3. The van der Waals surface area contributed by atoms with Gasteiger partial charge in [-0.05, 0) is 55.8 Å². The number of rotatable bonds is 10. The van der Waals surface area contributed by atoms with Crippen LogP contribution in [0.5, 0.6) is 0 Å². The van der Waals surface area contributed by atoms with E-state index in [1.807, 2.05) is 6.92 Å². The number of anilines is 5. The summed E-state index contributed by atoms with van der Waals surface area (Å²) in [5.41, 5.74) is 13.1. The fraction of sp³-hybridized carbons (Fsp3) is 0.208. The van der Waals surface area contributed by atoms with Gasteiger partial charge in [-0.3, -0.25) is 14.4 Å². The molecule has 3 amide bonds. The number of aromatic nitrogens is 2. The van der Waals surface area contributed by atoms with Crippen LogP contribution in [0.3, 0.4) is 0 Å². The van der Waals surface area contributed by atoms with Gasteiger partial charge in [-0.2, -0.15) is 4.98 Å². The fourth-order valence-electron chi connectivity index (χ4n) is 2.96. The Morgan fingerprint density at radius 1 is 1.00 bits per heavy atom. The van der Waals surface area contributed by atoms with E-state index in [1.54, 1.807) is 55.5 Å². The van der Waals surface area contributed by atoms with Crippen molar-refractivity contribution in [3.63, 3.8) is 0 Å². The molecule has 0 fully saturated rings. The number of nitrogens with one attached hydrogen (secondary N) is 4. The van der Waals surface area contributed by atoms with Gasteiger partial charge in [0, 0.05) is 35.4 Å². The Morgan fingerprint density at radius 2 is 1.69 bits per heavy atom. The normalized spacial score (nSPS) is 11.3. The van der Waals surface area contributed by atoms with Gasteiger partial charge in [-0.15, -0.1) is 0 Å². The number of carbonyl (C=O) groups is 3. The van der Waals surface area contributed by atoms with Crippen molar-refractivity contribution in [2.75, 3.05) is 27.8 Å². The molecule has 1 heterocycles. The number of carbonyl (C=O) groups excluding carboxylic acids is 3. The van der Waals surface area contributed by atoms with E-state index in [2.05, 4.69) is 31.2 Å². The Kier molecular flexibility index (Phi) is 8.30. The maximum Gasteiger partial charge on any atom is 0.260 e. The standard InChI is InChI=1S/C24H28N8O3/c1-3-11-27-21-19(13-28-24(32-21)31-16-9-7-15(8-10-16)20(26)33)23(35)30-18-6-4-5-17(12-18)29-22(34)14(2)25/h4-10,12-14H,3,11,25H2,1-2H3,(H2,26,33)(H,29,34)(H,30,35)(H2,27,28,31,32)/t14-/m0/s1. The number of primary amides is 1. The molecule has 3 rings (SSSR count). The van der Waals surface area contributed by atoms with E-state index in [9.17, 15) is 14.4 Å². The summed E-state index contributed by atoms with van der Waals surface area (Å²) < 4.78 is 0. The highest BCUT2D eigenvalue weighted by atomic mass is 16.2. The lowest BCUT2D eigenvalue weighted by atomic mass is 10.2. The van der Waals surface area contributed by atoms with Crippen molar-refractivity contribution in [2.24, 2.45) is 11.5 Å². The van der Waals surface area contributed by atoms with E-state index in [0.717, 1.165) is 6.42 Å². The van der Waals surface area contributed by atoms with Crippen molar-refractivity contribution in [3.8, 4) is 0 Å². The maximum atomic E-state index is 13.0. The molecular weight excluding hydrogens is 448 g/mol. The zero-order valence-corrected chi connectivity index (χ0v) is 19.5. The molecule has 1 atom stereocenters. The van der Waals surface area contributed by atoms with Crippen molar-refractivity contribution in [3.05, 3.63) is 65.9 Å². The number of nitrogens with zero attached hydrogens (tertiary/aromatic N) is 2. The second-order valence-corrected chi connectivity index (χ2v) is 7.76. The lowest BCUT2D eigenvalue weighted by molar-refractivity contribution is -0.117. The van der Waals surface area contributed by atoms with Crippen molar-refractivity contribution in [2.45, 2.75) is 26.3 Å². The van der Waals surface area contributed by atoms with E-state index < -0.39 is 17.9 Å². The molecule has 182 valence electrons. The quantitative estimate of drug-likeness (QED) is 0.259. The Balaban J connectivity index is 1.78. The summed E-state index contributed by atoms with van der Waals surface area (Å²) in [6.07, 6.45) is 2.24. The number of hydrogen-bond acceptors (Lipinski definition) is 8. The predicted octanol–water partition coefficient (Wildman–Crippen LogP) is 2.68. The van der Waals surface area contributed by atoms with Crippen LogP contribution in [0.4, 0.5) is 28.8 Å². The number of amides is 3. The minimum absolute atomic E-state index is 0.248. The Hall–Kier alpha value is -4.51. The summed E-state index contributed by atoms with van der Waals surface area (Å²) in [5.74, 6) is -0.641. The van der Waals surface area contributed by atoms with Crippen molar-refractivity contribution >= 4 is 46.5 Å². The zero-order valence-electron chi connectivity index (χ0n) is 19.5. The minimum atomic E-state index is -0.661. The van der Waals surface area contributed by atoms with Gasteiger partial charge in [-0.1, -0.05) is 13.0 Å². The summed E-state index contributed by atoms with van der Waals surface area (Å²) in [6.45, 7) is 4.18. The van der Waals surface area contributed by atoms with E-state index in [-0.39, 0.29) is 17.4 Å². The molecule has 0 unspecified atom stereocenters. The largest absolute Gasteiger partial charge is 0.369 e. The van der Waals surface area contributed by atoms with Crippen LogP contribution in [0, 0.1) is 0 Å². The summed E-state index contributed by atoms with van der Waals surface area (Å²) in [6, 6.07) is 12.6. The summed E-state index contributed by atoms with van der Waals surface area (Å²) >= 11 is 0. The van der Waals surface area contributed by atoms with Gasteiger partial charge in [0.05, 0.1) is 6.04 Å². The molecule has 2 aromatic carbocycles. The first-order valence-electron chi connectivity index (χ1n) is 11.0. The SMILES string of the molecule is CCCNc1nc(Nc2ccc(C(N)=O)cc2)ncc1C(=O)Nc1cccc(NC(=O)[C@H](C)N)c1. The van der Waals surface area contributed by atoms with Crippen LogP contribution >= 0.6 is 0 Å². The van der Waals surface area contributed by atoms with Gasteiger partial charge in [-0.25, -0.2) is 4.98 Å². The number of nitrogens with two attached hydrogens (primary N) is 2. The van der Waals surface area contributed by atoms with Crippen LogP contribution in [0.1, 0.15) is 41.0 Å². The van der Waals surface area contributed by atoms with Crippen LogP contribution in [0.15, 0.2) is 54.7 Å². The molecule has 1 aromatic heterocycles. The molecule has 0 radical (unpaired) electrons. The van der Waals surface area contributed by atoms with Gasteiger partial charge in [0.15, 0.2) is 0 Å². The topological polar surface area (TPSA) is 177 Å². The molecule has 8 N–H and O–H groups in total. The molecule has 0 aliphatic carbocycles. The third kappa shape index (κ3) is 6.98. The third-order valence-corrected chi connectivity index (χ3v) is 4.80. The average Bonchev–Trinajstić information content (AvgIpc) is 2.83. The second kappa shape index (κ2) is 11.6. The predicted molar refractivity (Wildman–Crippen MR) is 136 cm³/mol. The molecule has 0 aliphatic heterocycles. The molecule has 0 saturated heterocycles. The summed E-state index contributed by atoms with van der Waals surface area (Å²) in [4.78, 5) is 44.8. The molecule has 0 saturated carbocycles. The van der Waals surface area contributed by atoms with Gasteiger partial charge in [0.2, 0.25) is 17.8 Å². The monoisotopic (exact) mass is 476 g/mol. The van der Waals surface area contributed by atoms with Crippen LogP contribution in [-0.4, -0.2) is 40.3 Å². The second-order valence-electron chi connectivity index (χ2n) is 7.76. The number of hydrogen-bond donors (Lipinski definition) is 6. The van der Waals surface area contributed by atoms with Gasteiger partial charge >= 0.3 is 0 Å². The van der Waals surface area contributed by atoms with E-state index in [1.165, 1.54) is 6.20 Å². The summed E-state index contributed by atoms with van der Waals surface area (Å²) in [7, 11) is 0. The molecule has 11 heteroatoms.